The molecule has 3 rings (SSSR count). The van der Waals surface area contributed by atoms with Crippen LogP contribution in [0.1, 0.15) is 5.56 Å². The van der Waals surface area contributed by atoms with E-state index in [9.17, 15) is 0 Å². The fourth-order valence-electron chi connectivity index (χ4n) is 2.06. The van der Waals surface area contributed by atoms with Crippen molar-refractivity contribution in [1.29, 1.82) is 0 Å². The zero-order valence-corrected chi connectivity index (χ0v) is 9.80. The Morgan fingerprint density at radius 2 is 2.50 bits per heavy atom. The van der Waals surface area contributed by atoms with Crippen LogP contribution in [0.25, 0.3) is 10.2 Å². The Balaban J connectivity index is 1.77. The van der Waals surface area contributed by atoms with Gasteiger partial charge >= 0.3 is 0 Å². The zero-order chi connectivity index (χ0) is 10.8. The lowest BCUT2D eigenvalue weighted by molar-refractivity contribution is 0.0770. The Labute approximate surface area is 98.5 Å². The topological polar surface area (TPSA) is 34.1 Å². The van der Waals surface area contributed by atoms with E-state index >= 15 is 0 Å². The van der Waals surface area contributed by atoms with Crippen LogP contribution in [0.3, 0.4) is 0 Å². The van der Waals surface area contributed by atoms with Crippen LogP contribution in [0.15, 0.2) is 23.7 Å². The normalized spacial score (nSPS) is 21.4. The third kappa shape index (κ3) is 2.09. The highest BCUT2D eigenvalue weighted by molar-refractivity contribution is 7.16. The molecule has 4 heteroatoms. The molecule has 0 saturated carbocycles. The number of thiazole rings is 1. The molecule has 3 nitrogen and oxygen atoms in total. The summed E-state index contributed by atoms with van der Waals surface area (Å²) in [5.41, 5.74) is 4.36. The third-order valence-electron chi connectivity index (χ3n) is 2.88. The molecule has 2 heterocycles. The smallest absolute Gasteiger partial charge is 0.0812 e. The molecule has 1 atom stereocenters. The number of fused-ring (bicyclic) bond motifs is 1. The molecule has 0 aliphatic carbocycles. The summed E-state index contributed by atoms with van der Waals surface area (Å²) in [5, 5.41) is 3.47. The minimum Gasteiger partial charge on any atom is -0.379 e. The van der Waals surface area contributed by atoms with Gasteiger partial charge in [0.25, 0.3) is 0 Å². The van der Waals surface area contributed by atoms with E-state index in [-0.39, 0.29) is 0 Å². The average molecular weight is 234 g/mol. The zero-order valence-electron chi connectivity index (χ0n) is 8.98. The molecular weight excluding hydrogens is 220 g/mol. The van der Waals surface area contributed by atoms with Crippen LogP contribution in [-0.2, 0) is 11.2 Å². The third-order valence-corrected chi connectivity index (χ3v) is 3.67. The summed E-state index contributed by atoms with van der Waals surface area (Å²) in [6.07, 6.45) is 1.04. The fraction of sp³-hybridized carbons (Fsp3) is 0.417. The summed E-state index contributed by atoms with van der Waals surface area (Å²) < 4.78 is 6.73. The van der Waals surface area contributed by atoms with E-state index in [4.69, 9.17) is 4.74 Å². The van der Waals surface area contributed by atoms with E-state index in [1.54, 1.807) is 11.3 Å². The van der Waals surface area contributed by atoms with Gasteiger partial charge < -0.3 is 10.1 Å². The van der Waals surface area contributed by atoms with Crippen LogP contribution in [0.5, 0.6) is 0 Å². The molecule has 1 N–H and O–H groups in total. The van der Waals surface area contributed by atoms with Gasteiger partial charge in [0.1, 0.15) is 0 Å². The first kappa shape index (κ1) is 10.2. The number of morpholine rings is 1. The van der Waals surface area contributed by atoms with Crippen LogP contribution in [-0.4, -0.2) is 30.8 Å². The van der Waals surface area contributed by atoms with Gasteiger partial charge in [-0.3, -0.25) is 0 Å². The van der Waals surface area contributed by atoms with Crippen molar-refractivity contribution in [2.24, 2.45) is 0 Å². The van der Waals surface area contributed by atoms with Gasteiger partial charge in [-0.2, -0.15) is 0 Å². The first-order valence-electron chi connectivity index (χ1n) is 5.55. The second-order valence-electron chi connectivity index (χ2n) is 4.08. The van der Waals surface area contributed by atoms with E-state index < -0.39 is 0 Å². The van der Waals surface area contributed by atoms with Crippen LogP contribution < -0.4 is 5.32 Å². The van der Waals surface area contributed by atoms with E-state index in [0.717, 1.165) is 31.7 Å². The van der Waals surface area contributed by atoms with E-state index in [1.165, 1.54) is 10.3 Å². The van der Waals surface area contributed by atoms with Gasteiger partial charge in [0, 0.05) is 12.6 Å². The van der Waals surface area contributed by atoms with Crippen molar-refractivity contribution in [3.8, 4) is 0 Å². The van der Waals surface area contributed by atoms with E-state index in [1.807, 2.05) is 5.51 Å². The molecule has 84 valence electrons. The van der Waals surface area contributed by atoms with E-state index in [2.05, 4.69) is 28.5 Å². The lowest BCUT2D eigenvalue weighted by Gasteiger charge is -2.23. The Kier molecular flexibility index (Phi) is 2.86. The molecule has 2 aromatic rings. The molecule has 0 amide bonds. The van der Waals surface area contributed by atoms with Crippen LogP contribution in [0.4, 0.5) is 0 Å². The largest absolute Gasteiger partial charge is 0.379 e. The quantitative estimate of drug-likeness (QED) is 0.860. The standard InChI is InChI=1S/C12H14N2OS/c1-2-11-12(16-8-14-11)6-9(1)5-10-7-15-4-3-13-10/h1-2,6,8,10,13H,3-5,7H2. The van der Waals surface area contributed by atoms with Crippen molar-refractivity contribution in [3.63, 3.8) is 0 Å². The summed E-state index contributed by atoms with van der Waals surface area (Å²) in [7, 11) is 0. The predicted molar refractivity (Wildman–Crippen MR) is 65.9 cm³/mol. The molecule has 1 fully saturated rings. The van der Waals surface area contributed by atoms with Gasteiger partial charge in [0.15, 0.2) is 0 Å². The minimum atomic E-state index is 0.458. The Hall–Kier alpha value is -0.970. The maximum atomic E-state index is 5.45. The summed E-state index contributed by atoms with van der Waals surface area (Å²) in [6, 6.07) is 6.96. The summed E-state index contributed by atoms with van der Waals surface area (Å²) in [5.74, 6) is 0. The van der Waals surface area contributed by atoms with Gasteiger partial charge in [-0.15, -0.1) is 11.3 Å². The number of hydrogen-bond donors (Lipinski definition) is 1. The highest BCUT2D eigenvalue weighted by Gasteiger charge is 2.13. The van der Waals surface area contributed by atoms with Crippen molar-refractivity contribution in [1.82, 2.24) is 10.3 Å². The maximum absolute atomic E-state index is 5.45. The highest BCUT2D eigenvalue weighted by atomic mass is 32.1. The van der Waals surface area contributed by atoms with Crippen molar-refractivity contribution in [2.45, 2.75) is 12.5 Å². The molecule has 1 aromatic heterocycles. The average Bonchev–Trinajstić information content (AvgIpc) is 2.77. The lowest BCUT2D eigenvalue weighted by Crippen LogP contribution is -2.42. The van der Waals surface area contributed by atoms with E-state index in [0.29, 0.717) is 6.04 Å². The highest BCUT2D eigenvalue weighted by Crippen LogP contribution is 2.20. The molecule has 1 saturated heterocycles. The van der Waals surface area contributed by atoms with Gasteiger partial charge in [0.05, 0.1) is 28.9 Å². The lowest BCUT2D eigenvalue weighted by atomic mass is 10.1. The summed E-state index contributed by atoms with van der Waals surface area (Å²) >= 11 is 1.70. The van der Waals surface area contributed by atoms with Crippen LogP contribution in [0, 0.1) is 0 Å². The summed E-state index contributed by atoms with van der Waals surface area (Å²) in [4.78, 5) is 4.28. The van der Waals surface area contributed by atoms with Crippen molar-refractivity contribution in [3.05, 3.63) is 29.3 Å². The number of aromatic nitrogens is 1. The van der Waals surface area contributed by atoms with Crippen LogP contribution in [0.2, 0.25) is 0 Å². The Morgan fingerprint density at radius 1 is 1.50 bits per heavy atom. The molecule has 1 aliphatic heterocycles. The Morgan fingerprint density at radius 3 is 3.38 bits per heavy atom. The molecular formula is C12H14N2OS. The SMILES string of the molecule is c1nc2ccc(CC3COCCN3)cc2s1. The first-order chi connectivity index (χ1) is 7.92. The molecule has 0 bridgehead atoms. The number of nitrogens with zero attached hydrogens (tertiary/aromatic N) is 1. The summed E-state index contributed by atoms with van der Waals surface area (Å²) in [6.45, 7) is 2.62. The van der Waals surface area contributed by atoms with Gasteiger partial charge in [0.2, 0.25) is 0 Å². The number of ether oxygens (including phenoxy) is 1. The van der Waals surface area contributed by atoms with Gasteiger partial charge in [-0.25, -0.2) is 4.98 Å². The molecule has 0 radical (unpaired) electrons. The van der Waals surface area contributed by atoms with Crippen molar-refractivity contribution in [2.75, 3.05) is 19.8 Å². The van der Waals surface area contributed by atoms with Crippen molar-refractivity contribution >= 4 is 21.6 Å². The molecule has 1 aromatic carbocycles. The molecule has 16 heavy (non-hydrogen) atoms. The first-order valence-corrected chi connectivity index (χ1v) is 6.43. The monoisotopic (exact) mass is 234 g/mol. The Bertz CT molecular complexity index is 477. The molecule has 1 unspecified atom stereocenters. The number of benzene rings is 1. The number of rotatable bonds is 2. The minimum absolute atomic E-state index is 0.458. The second-order valence-corrected chi connectivity index (χ2v) is 4.97. The fourth-order valence-corrected chi connectivity index (χ4v) is 2.80. The van der Waals surface area contributed by atoms with Crippen LogP contribution >= 0.6 is 11.3 Å². The van der Waals surface area contributed by atoms with Gasteiger partial charge in [-0.1, -0.05) is 6.07 Å². The molecule has 1 aliphatic rings. The van der Waals surface area contributed by atoms with Gasteiger partial charge in [-0.05, 0) is 24.1 Å². The number of nitrogens with one attached hydrogen (secondary N) is 1. The molecule has 0 spiro atoms. The second kappa shape index (κ2) is 4.49. The maximum Gasteiger partial charge on any atom is 0.0812 e. The predicted octanol–water partition coefficient (Wildman–Crippen LogP) is 1.83. The number of hydrogen-bond acceptors (Lipinski definition) is 4. The van der Waals surface area contributed by atoms with Crippen molar-refractivity contribution < 1.29 is 4.74 Å².